The molecule has 0 saturated carbocycles. The number of carbonyl (C=O) groups excluding carboxylic acids is 2. The zero-order valence-electron chi connectivity index (χ0n) is 54.1. The van der Waals surface area contributed by atoms with Gasteiger partial charge in [0, 0.05) is 6.42 Å². The molecule has 1 aliphatic rings. The molecule has 1 amide bonds. The molecule has 0 aromatic carbocycles. The molecule has 486 valence electrons. The zero-order chi connectivity index (χ0) is 60.3. The number of nitrogens with one attached hydrogen (secondary N) is 1. The van der Waals surface area contributed by atoms with Gasteiger partial charge in [-0.2, -0.15) is 0 Å². The van der Waals surface area contributed by atoms with Crippen LogP contribution in [0.15, 0.2) is 48.6 Å². The van der Waals surface area contributed by atoms with Crippen molar-refractivity contribution in [3.8, 4) is 0 Å². The molecule has 8 unspecified atom stereocenters. The average Bonchev–Trinajstić information content (AvgIpc) is 3.51. The topological polar surface area (TPSA) is 175 Å². The SMILES string of the molecule is CCCCC/C=C/C=C/CCCCCCCC(O)C(=O)NC(COC1OC(CO)C(O)C(O)C1OC(=O)CCCCCCCCCCCCCCCCCCC/C=C/CCCCCCCC)C(O)/C=C/CCCCCCCCCCCCC. The highest BCUT2D eigenvalue weighted by Crippen LogP contribution is 2.26. The lowest BCUT2D eigenvalue weighted by molar-refractivity contribution is -0.305. The smallest absolute Gasteiger partial charge is 0.306 e. The quantitative estimate of drug-likeness (QED) is 0.0149. The number of aliphatic hydroxyl groups excluding tert-OH is 5. The second kappa shape index (κ2) is 59.9. The first kappa shape index (κ1) is 78.6. The molecule has 11 heteroatoms. The molecule has 1 saturated heterocycles. The number of hydrogen-bond acceptors (Lipinski definition) is 10. The Morgan fingerprint density at radius 2 is 0.831 bits per heavy atom. The lowest BCUT2D eigenvalue weighted by Gasteiger charge is -2.41. The fraction of sp³-hybridized carbons (Fsp3) is 0.861. The summed E-state index contributed by atoms with van der Waals surface area (Å²) in [5, 5.41) is 57.1. The van der Waals surface area contributed by atoms with Crippen LogP contribution in [0.3, 0.4) is 0 Å². The van der Waals surface area contributed by atoms with Crippen LogP contribution in [0.25, 0.3) is 0 Å². The Bertz CT molecular complexity index is 1540. The third-order valence-corrected chi connectivity index (χ3v) is 16.7. The van der Waals surface area contributed by atoms with Crippen LogP contribution in [0, 0.1) is 0 Å². The summed E-state index contributed by atoms with van der Waals surface area (Å²) in [4.78, 5) is 26.6. The molecular formula is C72H133NO10. The molecule has 8 atom stereocenters. The highest BCUT2D eigenvalue weighted by molar-refractivity contribution is 5.80. The highest BCUT2D eigenvalue weighted by Gasteiger charge is 2.47. The number of ether oxygens (including phenoxy) is 3. The molecule has 0 spiro atoms. The Hall–Kier alpha value is -2.38. The van der Waals surface area contributed by atoms with E-state index in [1.165, 1.54) is 212 Å². The number of aliphatic hydroxyl groups is 5. The van der Waals surface area contributed by atoms with Gasteiger partial charge in [0.05, 0.1) is 25.4 Å². The van der Waals surface area contributed by atoms with Gasteiger partial charge in [-0.15, -0.1) is 0 Å². The molecule has 0 radical (unpaired) electrons. The monoisotopic (exact) mass is 1170 g/mol. The summed E-state index contributed by atoms with van der Waals surface area (Å²) >= 11 is 0. The van der Waals surface area contributed by atoms with Crippen LogP contribution >= 0.6 is 0 Å². The molecule has 0 aromatic rings. The minimum atomic E-state index is -1.61. The Labute approximate surface area is 510 Å². The first-order valence-corrected chi connectivity index (χ1v) is 35.4. The molecule has 1 rings (SSSR count). The van der Waals surface area contributed by atoms with E-state index in [9.17, 15) is 35.1 Å². The third-order valence-electron chi connectivity index (χ3n) is 16.7. The molecule has 1 heterocycles. The number of esters is 1. The summed E-state index contributed by atoms with van der Waals surface area (Å²) in [6.07, 6.45) is 64.5. The van der Waals surface area contributed by atoms with Gasteiger partial charge in [-0.3, -0.25) is 9.59 Å². The van der Waals surface area contributed by atoms with Gasteiger partial charge in [0.2, 0.25) is 5.91 Å². The maximum Gasteiger partial charge on any atom is 0.306 e. The molecule has 1 fully saturated rings. The third kappa shape index (κ3) is 47.4. The van der Waals surface area contributed by atoms with E-state index in [2.05, 4.69) is 62.5 Å². The van der Waals surface area contributed by atoms with Crippen LogP contribution in [-0.4, -0.2) is 99.6 Å². The summed E-state index contributed by atoms with van der Waals surface area (Å²) in [5.41, 5.74) is 0. The van der Waals surface area contributed by atoms with Crippen LogP contribution in [0.4, 0.5) is 0 Å². The van der Waals surface area contributed by atoms with Crippen LogP contribution < -0.4 is 5.32 Å². The molecule has 83 heavy (non-hydrogen) atoms. The van der Waals surface area contributed by atoms with Gasteiger partial charge >= 0.3 is 5.97 Å². The van der Waals surface area contributed by atoms with Crippen LogP contribution in [-0.2, 0) is 23.8 Å². The highest BCUT2D eigenvalue weighted by atomic mass is 16.7. The molecule has 1 aliphatic heterocycles. The minimum absolute atomic E-state index is 0.125. The van der Waals surface area contributed by atoms with Gasteiger partial charge in [-0.05, 0) is 77.0 Å². The van der Waals surface area contributed by atoms with E-state index in [1.807, 2.05) is 6.08 Å². The number of unbranched alkanes of at least 4 members (excludes halogenated alkanes) is 42. The number of rotatable bonds is 61. The van der Waals surface area contributed by atoms with Crippen molar-refractivity contribution in [3.63, 3.8) is 0 Å². The summed E-state index contributed by atoms with van der Waals surface area (Å²) in [6.45, 7) is 5.79. The average molecular weight is 1170 g/mol. The van der Waals surface area contributed by atoms with E-state index in [4.69, 9.17) is 14.2 Å². The number of hydrogen-bond donors (Lipinski definition) is 6. The van der Waals surface area contributed by atoms with Gasteiger partial charge in [-0.25, -0.2) is 0 Å². The van der Waals surface area contributed by atoms with Gasteiger partial charge in [-0.1, -0.05) is 301 Å². The van der Waals surface area contributed by atoms with Crippen molar-refractivity contribution >= 4 is 11.9 Å². The van der Waals surface area contributed by atoms with Crippen molar-refractivity contribution in [3.05, 3.63) is 48.6 Å². The number of allylic oxidation sites excluding steroid dienone is 7. The molecule has 0 aliphatic carbocycles. The van der Waals surface area contributed by atoms with E-state index < -0.39 is 67.4 Å². The van der Waals surface area contributed by atoms with Crippen molar-refractivity contribution in [2.75, 3.05) is 13.2 Å². The van der Waals surface area contributed by atoms with E-state index in [1.54, 1.807) is 6.08 Å². The summed E-state index contributed by atoms with van der Waals surface area (Å²) < 4.78 is 17.7. The van der Waals surface area contributed by atoms with E-state index in [0.717, 1.165) is 77.0 Å². The predicted octanol–water partition coefficient (Wildman–Crippen LogP) is 18.0. The second-order valence-electron chi connectivity index (χ2n) is 24.6. The van der Waals surface area contributed by atoms with Crippen LogP contribution in [0.2, 0.25) is 0 Å². The van der Waals surface area contributed by atoms with E-state index in [-0.39, 0.29) is 19.4 Å². The molecular weight excluding hydrogens is 1040 g/mol. The largest absolute Gasteiger partial charge is 0.454 e. The minimum Gasteiger partial charge on any atom is -0.454 e. The standard InChI is InChI=1S/C72H133NO10/c1-4-7-10-13-16-19-22-25-27-28-29-30-31-32-33-34-35-36-37-38-39-42-45-48-51-54-57-60-67(77)83-70-69(79)68(78)66(61-74)82-72(70)81-62-63(64(75)58-55-52-49-46-43-40-24-21-18-15-12-9-6-3)73-71(80)65(76)59-56-53-50-47-44-41-26-23-20-17-14-11-8-5-2/h17,20,23,25-27,55,58,63-66,68-70,72,74-76,78-79H,4-16,18-19,21-22,24,28-54,56-57,59-62H2,1-3H3,(H,73,80)/b20-17+,26-23+,27-25+,58-55+. The summed E-state index contributed by atoms with van der Waals surface area (Å²) in [6, 6.07) is -1.03. The first-order chi connectivity index (χ1) is 40.7. The zero-order valence-corrected chi connectivity index (χ0v) is 54.1. The normalized spacial score (nSPS) is 18.8. The van der Waals surface area contributed by atoms with Crippen LogP contribution in [0.5, 0.6) is 0 Å². The van der Waals surface area contributed by atoms with Crippen molar-refractivity contribution in [2.24, 2.45) is 0 Å². The Morgan fingerprint density at radius 3 is 1.27 bits per heavy atom. The molecule has 0 aromatic heterocycles. The Balaban J connectivity index is 2.54. The summed E-state index contributed by atoms with van der Waals surface area (Å²) in [5.74, 6) is -1.19. The van der Waals surface area contributed by atoms with Crippen molar-refractivity contribution < 1.29 is 49.3 Å². The Morgan fingerprint density at radius 1 is 0.470 bits per heavy atom. The van der Waals surface area contributed by atoms with Crippen molar-refractivity contribution in [1.29, 1.82) is 0 Å². The molecule has 0 bridgehead atoms. The lowest BCUT2D eigenvalue weighted by Crippen LogP contribution is -2.61. The van der Waals surface area contributed by atoms with Gasteiger partial charge in [0.15, 0.2) is 12.4 Å². The van der Waals surface area contributed by atoms with Crippen LogP contribution in [0.1, 0.15) is 335 Å². The maximum absolute atomic E-state index is 13.4. The van der Waals surface area contributed by atoms with Crippen molar-refractivity contribution in [2.45, 2.75) is 384 Å². The lowest BCUT2D eigenvalue weighted by atomic mass is 9.99. The fourth-order valence-electron chi connectivity index (χ4n) is 11.1. The summed E-state index contributed by atoms with van der Waals surface area (Å²) in [7, 11) is 0. The van der Waals surface area contributed by atoms with Gasteiger partial charge < -0.3 is 45.1 Å². The number of amides is 1. The predicted molar refractivity (Wildman–Crippen MR) is 347 cm³/mol. The van der Waals surface area contributed by atoms with Gasteiger partial charge in [0.25, 0.3) is 0 Å². The Kier molecular flexibility index (Phi) is 56.8. The van der Waals surface area contributed by atoms with Crippen molar-refractivity contribution in [1.82, 2.24) is 5.32 Å². The van der Waals surface area contributed by atoms with E-state index in [0.29, 0.717) is 12.8 Å². The second-order valence-corrected chi connectivity index (χ2v) is 24.6. The molecule has 11 nitrogen and oxygen atoms in total. The molecule has 6 N–H and O–H groups in total. The van der Waals surface area contributed by atoms with E-state index >= 15 is 0 Å². The maximum atomic E-state index is 13.4. The first-order valence-electron chi connectivity index (χ1n) is 35.4. The van der Waals surface area contributed by atoms with Gasteiger partial charge in [0.1, 0.15) is 24.4 Å². The number of carbonyl (C=O) groups is 2. The fourth-order valence-corrected chi connectivity index (χ4v) is 11.1.